The van der Waals surface area contributed by atoms with Crippen molar-refractivity contribution in [2.45, 2.75) is 0 Å². The van der Waals surface area contributed by atoms with Gasteiger partial charge in [-0.15, -0.1) is 0 Å². The minimum Gasteiger partial charge on any atom is -0.369 e. The average Bonchev–Trinajstić information content (AvgIpc) is 3.18. The van der Waals surface area contributed by atoms with Crippen LogP contribution in [0.25, 0.3) is 10.9 Å². The number of piperazine rings is 1. The Balaban J connectivity index is 1.28. The van der Waals surface area contributed by atoms with Gasteiger partial charge in [-0.05, 0) is 30.3 Å². The summed E-state index contributed by atoms with van der Waals surface area (Å²) in [5, 5.41) is 14.4. The van der Waals surface area contributed by atoms with E-state index in [1.54, 1.807) is 24.4 Å². The van der Waals surface area contributed by atoms with Crippen molar-refractivity contribution >= 4 is 28.2 Å². The molecule has 156 valence electrons. The summed E-state index contributed by atoms with van der Waals surface area (Å²) < 4.78 is 13.1. The second-order valence-corrected chi connectivity index (χ2v) is 7.25. The SMILES string of the molecule is O=C(NCCN1CCN(c2ccc(F)cc2)CC1)c1c[nH]c2ccc([N+](=O)[O-])cc12. The Hall–Kier alpha value is -3.46. The highest BCUT2D eigenvalue weighted by Gasteiger charge is 2.18. The number of H-pyrrole nitrogens is 1. The largest absolute Gasteiger partial charge is 0.369 e. The van der Waals surface area contributed by atoms with Gasteiger partial charge in [-0.2, -0.15) is 0 Å². The van der Waals surface area contributed by atoms with E-state index in [2.05, 4.69) is 20.1 Å². The molecule has 8 nitrogen and oxygen atoms in total. The third kappa shape index (κ3) is 4.25. The van der Waals surface area contributed by atoms with Gasteiger partial charge in [-0.1, -0.05) is 0 Å². The number of hydrogen-bond donors (Lipinski definition) is 2. The summed E-state index contributed by atoms with van der Waals surface area (Å²) in [7, 11) is 0. The number of anilines is 1. The molecule has 1 saturated heterocycles. The van der Waals surface area contributed by atoms with Gasteiger partial charge in [-0.3, -0.25) is 19.8 Å². The molecule has 4 rings (SSSR count). The van der Waals surface area contributed by atoms with E-state index in [4.69, 9.17) is 0 Å². The summed E-state index contributed by atoms with van der Waals surface area (Å²) >= 11 is 0. The first-order valence-electron chi connectivity index (χ1n) is 9.78. The molecule has 2 heterocycles. The predicted molar refractivity (Wildman–Crippen MR) is 112 cm³/mol. The molecule has 0 aliphatic carbocycles. The lowest BCUT2D eigenvalue weighted by Gasteiger charge is -2.36. The van der Waals surface area contributed by atoms with E-state index in [1.807, 2.05) is 0 Å². The van der Waals surface area contributed by atoms with Crippen LogP contribution in [0.15, 0.2) is 48.7 Å². The van der Waals surface area contributed by atoms with Gasteiger partial charge in [0.2, 0.25) is 0 Å². The highest BCUT2D eigenvalue weighted by atomic mass is 19.1. The van der Waals surface area contributed by atoms with Crippen LogP contribution in [0.3, 0.4) is 0 Å². The second kappa shape index (κ2) is 8.50. The van der Waals surface area contributed by atoms with Crippen LogP contribution in [0, 0.1) is 15.9 Å². The lowest BCUT2D eigenvalue weighted by atomic mass is 10.1. The third-order valence-electron chi connectivity index (χ3n) is 5.40. The van der Waals surface area contributed by atoms with E-state index in [0.29, 0.717) is 29.6 Å². The molecule has 1 aliphatic heterocycles. The molecular weight excluding hydrogens is 389 g/mol. The fraction of sp³-hybridized carbons (Fsp3) is 0.286. The molecule has 1 amide bonds. The average molecular weight is 411 g/mol. The zero-order valence-electron chi connectivity index (χ0n) is 16.3. The van der Waals surface area contributed by atoms with Crippen LogP contribution in [0.4, 0.5) is 15.8 Å². The summed E-state index contributed by atoms with van der Waals surface area (Å²) in [5.41, 5.74) is 2.05. The van der Waals surface area contributed by atoms with Crippen molar-refractivity contribution in [3.63, 3.8) is 0 Å². The highest BCUT2D eigenvalue weighted by Crippen LogP contribution is 2.23. The standard InChI is InChI=1S/C21H22FN5O3/c22-15-1-3-16(4-2-15)26-11-9-25(10-12-26)8-7-23-21(28)19-14-24-20-6-5-17(27(29)30)13-18(19)20/h1-6,13-14,24H,7-12H2,(H,23,28). The monoisotopic (exact) mass is 411 g/mol. The molecule has 1 aromatic heterocycles. The number of carbonyl (C=O) groups excluding carboxylic acids is 1. The van der Waals surface area contributed by atoms with Gasteiger partial charge in [0.15, 0.2) is 0 Å². The van der Waals surface area contributed by atoms with Crippen molar-refractivity contribution in [2.24, 2.45) is 0 Å². The maximum atomic E-state index is 13.1. The maximum Gasteiger partial charge on any atom is 0.270 e. The number of non-ortho nitro benzene ring substituents is 1. The lowest BCUT2D eigenvalue weighted by molar-refractivity contribution is -0.384. The number of rotatable bonds is 6. The molecule has 0 atom stereocenters. The third-order valence-corrected chi connectivity index (χ3v) is 5.40. The molecule has 0 bridgehead atoms. The number of fused-ring (bicyclic) bond motifs is 1. The zero-order chi connectivity index (χ0) is 21.1. The van der Waals surface area contributed by atoms with Crippen LogP contribution < -0.4 is 10.2 Å². The number of nitro benzene ring substituents is 1. The molecule has 2 N–H and O–H groups in total. The Morgan fingerprint density at radius 3 is 2.57 bits per heavy atom. The van der Waals surface area contributed by atoms with E-state index >= 15 is 0 Å². The fourth-order valence-electron chi connectivity index (χ4n) is 3.71. The molecule has 0 unspecified atom stereocenters. The number of aromatic amines is 1. The number of aromatic nitrogens is 1. The molecule has 30 heavy (non-hydrogen) atoms. The van der Waals surface area contributed by atoms with Gasteiger partial charge in [0.25, 0.3) is 11.6 Å². The van der Waals surface area contributed by atoms with Crippen molar-refractivity contribution in [2.75, 3.05) is 44.2 Å². The summed E-state index contributed by atoms with van der Waals surface area (Å²) in [5.74, 6) is -0.496. The molecular formula is C21H22FN5O3. The van der Waals surface area contributed by atoms with E-state index in [1.165, 1.54) is 24.3 Å². The first-order valence-corrected chi connectivity index (χ1v) is 9.78. The van der Waals surface area contributed by atoms with E-state index < -0.39 is 4.92 Å². The van der Waals surface area contributed by atoms with Crippen molar-refractivity contribution in [1.82, 2.24) is 15.2 Å². The number of halogens is 1. The van der Waals surface area contributed by atoms with Crippen LogP contribution >= 0.6 is 0 Å². The molecule has 2 aromatic carbocycles. The first kappa shape index (κ1) is 19.8. The van der Waals surface area contributed by atoms with E-state index in [0.717, 1.165) is 31.9 Å². The Morgan fingerprint density at radius 1 is 1.13 bits per heavy atom. The normalized spacial score (nSPS) is 14.8. The summed E-state index contributed by atoms with van der Waals surface area (Å²) in [6.07, 6.45) is 1.57. The van der Waals surface area contributed by atoms with E-state index in [-0.39, 0.29) is 17.4 Å². The highest BCUT2D eigenvalue weighted by molar-refractivity contribution is 6.07. The predicted octanol–water partition coefficient (Wildman–Crippen LogP) is 2.77. The molecule has 3 aromatic rings. The van der Waals surface area contributed by atoms with Crippen LogP contribution in [-0.4, -0.2) is 60.0 Å². The van der Waals surface area contributed by atoms with Crippen LogP contribution in [-0.2, 0) is 0 Å². The number of hydrogen-bond acceptors (Lipinski definition) is 5. The number of nitro groups is 1. The minimum atomic E-state index is -0.473. The number of benzene rings is 2. The van der Waals surface area contributed by atoms with Crippen molar-refractivity contribution in [3.8, 4) is 0 Å². The first-order chi connectivity index (χ1) is 14.5. The molecule has 1 fully saturated rings. The van der Waals surface area contributed by atoms with E-state index in [9.17, 15) is 19.3 Å². The fourth-order valence-corrected chi connectivity index (χ4v) is 3.71. The lowest BCUT2D eigenvalue weighted by Crippen LogP contribution is -2.48. The molecule has 0 spiro atoms. The number of amides is 1. The van der Waals surface area contributed by atoms with Crippen LogP contribution in [0.5, 0.6) is 0 Å². The summed E-state index contributed by atoms with van der Waals surface area (Å²) in [4.78, 5) is 30.5. The van der Waals surface area contributed by atoms with Crippen molar-refractivity contribution < 1.29 is 14.1 Å². The minimum absolute atomic E-state index is 0.0461. The van der Waals surface area contributed by atoms with Crippen LogP contribution in [0.1, 0.15) is 10.4 Å². The molecule has 0 saturated carbocycles. The second-order valence-electron chi connectivity index (χ2n) is 7.25. The number of nitrogens with zero attached hydrogens (tertiary/aromatic N) is 3. The zero-order valence-corrected chi connectivity index (χ0v) is 16.3. The van der Waals surface area contributed by atoms with Gasteiger partial charge < -0.3 is 15.2 Å². The van der Waals surface area contributed by atoms with Gasteiger partial charge in [0, 0.05) is 74.2 Å². The van der Waals surface area contributed by atoms with Gasteiger partial charge in [0.1, 0.15) is 5.82 Å². The summed E-state index contributed by atoms with van der Waals surface area (Å²) in [6, 6.07) is 10.9. The van der Waals surface area contributed by atoms with Gasteiger partial charge >= 0.3 is 0 Å². The number of nitrogens with one attached hydrogen (secondary N) is 2. The Bertz CT molecular complexity index is 1060. The Morgan fingerprint density at radius 2 is 1.87 bits per heavy atom. The maximum absolute atomic E-state index is 13.1. The van der Waals surface area contributed by atoms with Gasteiger partial charge in [0.05, 0.1) is 10.5 Å². The number of carbonyl (C=O) groups is 1. The van der Waals surface area contributed by atoms with Gasteiger partial charge in [-0.25, -0.2) is 4.39 Å². The quantitative estimate of drug-likeness (QED) is 0.481. The molecule has 1 aliphatic rings. The molecule has 9 heteroatoms. The van der Waals surface area contributed by atoms with Crippen molar-refractivity contribution in [3.05, 3.63) is 70.2 Å². The topological polar surface area (TPSA) is 94.5 Å². The smallest absolute Gasteiger partial charge is 0.270 e. The summed E-state index contributed by atoms with van der Waals surface area (Å²) in [6.45, 7) is 4.58. The van der Waals surface area contributed by atoms with Crippen LogP contribution in [0.2, 0.25) is 0 Å². The van der Waals surface area contributed by atoms with Crippen molar-refractivity contribution in [1.29, 1.82) is 0 Å². The molecule has 0 radical (unpaired) electrons. The Kier molecular flexibility index (Phi) is 5.62. The Labute approximate surface area is 172 Å².